The third-order valence-corrected chi connectivity index (χ3v) is 10.6. The Kier molecular flexibility index (Phi) is 11.4. The van der Waals surface area contributed by atoms with E-state index in [9.17, 15) is 24.0 Å². The number of aryl methyl sites for hydroxylation is 2. The van der Waals surface area contributed by atoms with Crippen molar-refractivity contribution in [3.63, 3.8) is 0 Å². The smallest absolute Gasteiger partial charge is 0.341 e. The van der Waals surface area contributed by atoms with Crippen LogP contribution in [-0.2, 0) is 60.7 Å². The summed E-state index contributed by atoms with van der Waals surface area (Å²) in [5.41, 5.74) is 3.35. The number of thiophene rings is 2. The number of anilines is 2. The molecule has 2 heterocycles. The predicted octanol–water partition coefficient (Wildman–Crippen LogP) is 4.80. The minimum absolute atomic E-state index is 0.177. The quantitative estimate of drug-likeness (QED) is 0.181. The average Bonchev–Trinajstić information content (AvgIpc) is 3.82. The monoisotopic (exact) mass is 681 g/mol. The number of methoxy groups -OCH3 is 1. The first-order valence-electron chi connectivity index (χ1n) is 15.8. The predicted molar refractivity (Wildman–Crippen MR) is 179 cm³/mol. The highest BCUT2D eigenvalue weighted by Crippen LogP contribution is 2.40. The van der Waals surface area contributed by atoms with Crippen molar-refractivity contribution < 1.29 is 38.2 Å². The molecule has 13 heteroatoms. The maximum Gasteiger partial charge on any atom is 0.341 e. The van der Waals surface area contributed by atoms with E-state index in [-0.39, 0.29) is 32.7 Å². The van der Waals surface area contributed by atoms with Crippen molar-refractivity contribution in [3.8, 4) is 0 Å². The lowest BCUT2D eigenvalue weighted by molar-refractivity contribution is -0.147. The molecule has 2 N–H and O–H groups in total. The summed E-state index contributed by atoms with van der Waals surface area (Å²) in [5.74, 6) is -2.61. The van der Waals surface area contributed by atoms with E-state index in [0.717, 1.165) is 65.0 Å². The van der Waals surface area contributed by atoms with Crippen LogP contribution in [-0.4, -0.2) is 74.1 Å². The van der Waals surface area contributed by atoms with Crippen molar-refractivity contribution in [1.29, 1.82) is 0 Å². The molecule has 0 saturated carbocycles. The lowest BCUT2D eigenvalue weighted by Crippen LogP contribution is -2.50. The van der Waals surface area contributed by atoms with Gasteiger partial charge in [-0.05, 0) is 75.5 Å². The number of esters is 3. The minimum atomic E-state index is -0.991. The van der Waals surface area contributed by atoms with Crippen LogP contribution < -0.4 is 10.6 Å². The van der Waals surface area contributed by atoms with Crippen LogP contribution in [0.4, 0.5) is 10.0 Å². The number of benzene rings is 1. The van der Waals surface area contributed by atoms with Gasteiger partial charge in [-0.1, -0.05) is 30.3 Å². The van der Waals surface area contributed by atoms with E-state index >= 15 is 0 Å². The Bertz CT molecular complexity index is 1560. The zero-order chi connectivity index (χ0) is 33.5. The molecule has 0 radical (unpaired) electrons. The molecule has 2 aliphatic rings. The van der Waals surface area contributed by atoms with Gasteiger partial charge >= 0.3 is 17.9 Å². The van der Waals surface area contributed by atoms with Gasteiger partial charge in [-0.15, -0.1) is 22.7 Å². The van der Waals surface area contributed by atoms with Gasteiger partial charge in [0.1, 0.15) is 16.0 Å². The Hall–Kier alpha value is -4.07. The highest BCUT2D eigenvalue weighted by atomic mass is 32.1. The second-order valence-corrected chi connectivity index (χ2v) is 13.5. The van der Waals surface area contributed by atoms with E-state index in [1.54, 1.807) is 13.8 Å². The molecule has 47 heavy (non-hydrogen) atoms. The number of amides is 2. The lowest BCUT2D eigenvalue weighted by Gasteiger charge is -2.29. The van der Waals surface area contributed by atoms with Crippen molar-refractivity contribution in [2.45, 2.75) is 64.8 Å². The Labute approximate surface area is 281 Å². The van der Waals surface area contributed by atoms with Gasteiger partial charge < -0.3 is 24.8 Å². The van der Waals surface area contributed by atoms with E-state index < -0.39 is 35.8 Å². The number of nitrogens with one attached hydrogen (secondary N) is 2. The van der Waals surface area contributed by atoms with Crippen LogP contribution in [0.25, 0.3) is 0 Å². The molecular weight excluding hydrogens is 643 g/mol. The number of rotatable bonds is 14. The van der Waals surface area contributed by atoms with E-state index in [4.69, 9.17) is 14.2 Å². The highest BCUT2D eigenvalue weighted by Gasteiger charge is 2.34. The van der Waals surface area contributed by atoms with Gasteiger partial charge in [-0.2, -0.15) is 0 Å². The first-order chi connectivity index (χ1) is 22.7. The largest absolute Gasteiger partial charge is 0.468 e. The molecule has 3 aromatic rings. The first kappa shape index (κ1) is 34.3. The molecule has 2 aliphatic carbocycles. The minimum Gasteiger partial charge on any atom is -0.468 e. The fourth-order valence-corrected chi connectivity index (χ4v) is 8.72. The van der Waals surface area contributed by atoms with E-state index in [1.165, 1.54) is 34.7 Å². The summed E-state index contributed by atoms with van der Waals surface area (Å²) < 4.78 is 15.7. The third kappa shape index (κ3) is 7.91. The summed E-state index contributed by atoms with van der Waals surface area (Å²) in [6, 6.07) is 8.25. The average molecular weight is 682 g/mol. The molecule has 2 aromatic heterocycles. The molecule has 2 amide bonds. The summed E-state index contributed by atoms with van der Waals surface area (Å²) in [5, 5.41) is 6.52. The van der Waals surface area contributed by atoms with E-state index in [1.807, 2.05) is 30.3 Å². The van der Waals surface area contributed by atoms with Crippen molar-refractivity contribution in [3.05, 3.63) is 67.9 Å². The molecule has 0 fully saturated rings. The van der Waals surface area contributed by atoms with Gasteiger partial charge in [-0.25, -0.2) is 9.59 Å². The van der Waals surface area contributed by atoms with Gasteiger partial charge in [0.05, 0.1) is 44.5 Å². The Morgan fingerprint density at radius 1 is 0.766 bits per heavy atom. The van der Waals surface area contributed by atoms with Gasteiger partial charge in [-0.3, -0.25) is 19.3 Å². The number of fused-ring (bicyclic) bond motifs is 2. The second kappa shape index (κ2) is 15.7. The van der Waals surface area contributed by atoms with Crippen LogP contribution in [0, 0.1) is 0 Å². The van der Waals surface area contributed by atoms with E-state index in [2.05, 4.69) is 10.6 Å². The molecule has 5 rings (SSSR count). The van der Waals surface area contributed by atoms with Crippen LogP contribution in [0.15, 0.2) is 30.3 Å². The number of hydrogen-bond donors (Lipinski definition) is 2. The third-order valence-electron chi connectivity index (χ3n) is 8.19. The van der Waals surface area contributed by atoms with Crippen LogP contribution in [0.5, 0.6) is 0 Å². The number of ether oxygens (including phenoxy) is 3. The molecular formula is C34H39N3O8S2. The molecule has 11 nitrogen and oxygen atoms in total. The molecule has 0 aliphatic heterocycles. The summed E-state index contributed by atoms with van der Waals surface area (Å²) >= 11 is 2.70. The first-order valence-corrected chi connectivity index (χ1v) is 17.5. The molecule has 0 saturated heterocycles. The zero-order valence-corrected chi connectivity index (χ0v) is 28.4. The van der Waals surface area contributed by atoms with Crippen LogP contribution in [0.2, 0.25) is 0 Å². The van der Waals surface area contributed by atoms with Gasteiger partial charge in [0.15, 0.2) is 0 Å². The zero-order valence-electron chi connectivity index (χ0n) is 26.8. The summed E-state index contributed by atoms with van der Waals surface area (Å²) in [7, 11) is 1.26. The van der Waals surface area contributed by atoms with Crippen LogP contribution >= 0.6 is 22.7 Å². The molecule has 1 atom stereocenters. The Balaban J connectivity index is 1.41. The maximum absolute atomic E-state index is 13.7. The van der Waals surface area contributed by atoms with Crippen LogP contribution in [0.3, 0.4) is 0 Å². The normalized spacial score (nSPS) is 13.9. The van der Waals surface area contributed by atoms with Crippen molar-refractivity contribution in [1.82, 2.24) is 4.90 Å². The number of carbonyl (C=O) groups excluding carboxylic acids is 5. The molecule has 0 spiro atoms. The van der Waals surface area contributed by atoms with Crippen molar-refractivity contribution >= 4 is 62.4 Å². The Morgan fingerprint density at radius 2 is 1.26 bits per heavy atom. The highest BCUT2D eigenvalue weighted by molar-refractivity contribution is 7.17. The van der Waals surface area contributed by atoms with Gasteiger partial charge in [0.2, 0.25) is 11.8 Å². The molecule has 1 aromatic carbocycles. The topological polar surface area (TPSA) is 140 Å². The molecule has 1 unspecified atom stereocenters. The number of hydrogen-bond acceptors (Lipinski definition) is 11. The number of carbonyl (C=O) groups is 5. The van der Waals surface area contributed by atoms with Gasteiger partial charge in [0.25, 0.3) is 0 Å². The standard InChI is InChI=1S/C34H39N3O8S2/c1-4-44-33(41)28-21-13-9-15-24(21)46-30(28)35-26(38)18-37(23(32(40)43-3)17-20-11-7-6-8-12-20)19-27(39)36-31-29(34(42)45-5-2)22-14-10-16-25(22)47-31/h6-8,11-12,23H,4-5,9-10,13-19H2,1-3H3,(H,35,38)(H,36,39). The van der Waals surface area contributed by atoms with Crippen molar-refractivity contribution in [2.75, 3.05) is 44.0 Å². The Morgan fingerprint density at radius 3 is 1.70 bits per heavy atom. The van der Waals surface area contributed by atoms with Crippen molar-refractivity contribution in [2.24, 2.45) is 0 Å². The fourth-order valence-electron chi connectivity index (χ4n) is 6.14. The summed E-state index contributed by atoms with van der Waals surface area (Å²) in [6.07, 6.45) is 5.11. The maximum atomic E-state index is 13.7. The van der Waals surface area contributed by atoms with E-state index in [0.29, 0.717) is 21.1 Å². The summed E-state index contributed by atoms with van der Waals surface area (Å²) in [6.45, 7) is 3.15. The number of nitrogens with zero attached hydrogens (tertiary/aromatic N) is 1. The second-order valence-electron chi connectivity index (χ2n) is 11.3. The summed E-state index contributed by atoms with van der Waals surface area (Å²) in [4.78, 5) is 69.9. The molecule has 250 valence electrons. The lowest BCUT2D eigenvalue weighted by atomic mass is 10.0. The SMILES string of the molecule is CCOC(=O)c1c(NC(=O)CN(CC(=O)Nc2sc3c(c2C(=O)OCC)CCC3)C(Cc2ccccc2)C(=O)OC)sc2c1CCC2. The van der Waals surface area contributed by atoms with Gasteiger partial charge in [0, 0.05) is 9.75 Å². The van der Waals surface area contributed by atoms with Crippen LogP contribution in [0.1, 0.15) is 73.8 Å². The fraction of sp³-hybridized carbons (Fsp3) is 0.441. The molecule has 0 bridgehead atoms.